The number of hydrogen-bond donors (Lipinski definition) is 2. The maximum Gasteiger partial charge on any atom is 0.243 e. The van der Waals surface area contributed by atoms with Gasteiger partial charge >= 0.3 is 0 Å². The number of carbonyl (C=O) groups is 2. The molecule has 1 aromatic rings. The number of halogens is 1. The van der Waals surface area contributed by atoms with Crippen molar-refractivity contribution in [1.29, 1.82) is 0 Å². The quantitative estimate of drug-likeness (QED) is 0.843. The van der Waals surface area contributed by atoms with E-state index in [4.69, 9.17) is 11.6 Å². The van der Waals surface area contributed by atoms with Gasteiger partial charge in [-0.15, -0.1) is 0 Å². The van der Waals surface area contributed by atoms with Gasteiger partial charge in [0.25, 0.3) is 0 Å². The molecule has 1 rings (SSSR count). The summed E-state index contributed by atoms with van der Waals surface area (Å²) in [6.45, 7) is 1.70. The Morgan fingerprint density at radius 1 is 1.31 bits per heavy atom. The van der Waals surface area contributed by atoms with Gasteiger partial charge < -0.3 is 10.6 Å². The summed E-state index contributed by atoms with van der Waals surface area (Å²) < 4.78 is 0. The molecule has 2 amide bonds. The summed E-state index contributed by atoms with van der Waals surface area (Å²) in [4.78, 5) is 22.3. The van der Waals surface area contributed by atoms with Crippen LogP contribution in [0.1, 0.15) is 13.3 Å². The molecule has 0 aliphatic rings. The van der Waals surface area contributed by atoms with E-state index in [1.807, 2.05) is 0 Å². The van der Waals surface area contributed by atoms with Crippen molar-refractivity contribution in [3.8, 4) is 0 Å². The Morgan fingerprint density at radius 2 is 2.06 bits per heavy atom. The first-order valence-electron chi connectivity index (χ1n) is 4.94. The number of hydrogen-bond acceptors (Lipinski definition) is 2. The molecule has 0 aromatic heterocycles. The van der Waals surface area contributed by atoms with Crippen molar-refractivity contribution in [2.24, 2.45) is 0 Å². The van der Waals surface area contributed by atoms with E-state index in [0.717, 1.165) is 0 Å². The molecule has 5 heteroatoms. The van der Waals surface area contributed by atoms with Crippen LogP contribution in [0.5, 0.6) is 0 Å². The highest BCUT2D eigenvalue weighted by Crippen LogP contribution is 2.14. The lowest BCUT2D eigenvalue weighted by Crippen LogP contribution is -2.32. The summed E-state index contributed by atoms with van der Waals surface area (Å²) in [6, 6.07) is 6.82. The van der Waals surface area contributed by atoms with Gasteiger partial charge in [-0.05, 0) is 18.2 Å². The van der Waals surface area contributed by atoms with Gasteiger partial charge in [0.1, 0.15) is 0 Å². The van der Waals surface area contributed by atoms with E-state index in [1.54, 1.807) is 31.2 Å². The molecule has 16 heavy (non-hydrogen) atoms. The molecule has 0 spiro atoms. The van der Waals surface area contributed by atoms with Crippen LogP contribution >= 0.6 is 11.6 Å². The number of carbonyl (C=O) groups excluding carboxylic acids is 2. The SMILES string of the molecule is CCC(=O)NCC(=O)Nc1cccc(Cl)c1. The largest absolute Gasteiger partial charge is 0.347 e. The molecule has 0 fully saturated rings. The van der Waals surface area contributed by atoms with Crippen LogP contribution in [0.15, 0.2) is 24.3 Å². The van der Waals surface area contributed by atoms with Gasteiger partial charge in [-0.3, -0.25) is 9.59 Å². The average Bonchev–Trinajstić information content (AvgIpc) is 2.26. The van der Waals surface area contributed by atoms with Gasteiger partial charge in [0.05, 0.1) is 6.54 Å². The van der Waals surface area contributed by atoms with Crippen molar-refractivity contribution >= 4 is 29.1 Å². The summed E-state index contributed by atoms with van der Waals surface area (Å²) in [6.07, 6.45) is 0.366. The van der Waals surface area contributed by atoms with Crippen LogP contribution in [0, 0.1) is 0 Å². The summed E-state index contributed by atoms with van der Waals surface area (Å²) in [5.74, 6) is -0.426. The highest BCUT2D eigenvalue weighted by molar-refractivity contribution is 6.30. The zero-order valence-electron chi connectivity index (χ0n) is 8.92. The predicted octanol–water partition coefficient (Wildman–Crippen LogP) is 1.80. The zero-order chi connectivity index (χ0) is 12.0. The molecule has 0 saturated heterocycles. The summed E-state index contributed by atoms with van der Waals surface area (Å²) in [7, 11) is 0. The minimum Gasteiger partial charge on any atom is -0.347 e. The lowest BCUT2D eigenvalue weighted by Gasteiger charge is -2.06. The van der Waals surface area contributed by atoms with Crippen molar-refractivity contribution in [1.82, 2.24) is 5.32 Å². The van der Waals surface area contributed by atoms with Crippen LogP contribution in [0.3, 0.4) is 0 Å². The lowest BCUT2D eigenvalue weighted by atomic mass is 10.3. The molecule has 1 aromatic carbocycles. The molecule has 86 valence electrons. The van der Waals surface area contributed by atoms with Crippen molar-refractivity contribution in [3.63, 3.8) is 0 Å². The molecule has 0 bridgehead atoms. The highest BCUT2D eigenvalue weighted by Gasteiger charge is 2.04. The first-order chi connectivity index (χ1) is 7.61. The number of anilines is 1. The average molecular weight is 241 g/mol. The Morgan fingerprint density at radius 3 is 2.69 bits per heavy atom. The van der Waals surface area contributed by atoms with Crippen molar-refractivity contribution in [2.75, 3.05) is 11.9 Å². The second-order valence-electron chi connectivity index (χ2n) is 3.19. The fourth-order valence-electron chi connectivity index (χ4n) is 1.08. The van der Waals surface area contributed by atoms with Gasteiger partial charge in [-0.1, -0.05) is 24.6 Å². The van der Waals surface area contributed by atoms with Crippen LogP contribution in [0.4, 0.5) is 5.69 Å². The van der Waals surface area contributed by atoms with E-state index in [-0.39, 0.29) is 18.4 Å². The van der Waals surface area contributed by atoms with Crippen LogP contribution < -0.4 is 10.6 Å². The van der Waals surface area contributed by atoms with Crippen molar-refractivity contribution in [2.45, 2.75) is 13.3 Å². The summed E-state index contributed by atoms with van der Waals surface area (Å²) >= 11 is 5.76. The van der Waals surface area contributed by atoms with Gasteiger partial charge in [-0.2, -0.15) is 0 Å². The number of benzene rings is 1. The summed E-state index contributed by atoms with van der Waals surface area (Å²) in [5.41, 5.74) is 0.614. The maximum atomic E-state index is 11.4. The van der Waals surface area contributed by atoms with E-state index in [0.29, 0.717) is 17.1 Å². The predicted molar refractivity (Wildman–Crippen MR) is 63.4 cm³/mol. The summed E-state index contributed by atoms with van der Waals surface area (Å²) in [5, 5.41) is 5.66. The van der Waals surface area contributed by atoms with Crippen LogP contribution in [-0.2, 0) is 9.59 Å². The first-order valence-corrected chi connectivity index (χ1v) is 5.31. The Hall–Kier alpha value is -1.55. The Kier molecular flexibility index (Phi) is 4.79. The third-order valence-electron chi connectivity index (χ3n) is 1.88. The lowest BCUT2D eigenvalue weighted by molar-refractivity contribution is -0.123. The molecule has 4 nitrogen and oxygen atoms in total. The van der Waals surface area contributed by atoms with Crippen LogP contribution in [0.2, 0.25) is 5.02 Å². The standard InChI is InChI=1S/C11H13ClN2O2/c1-2-10(15)13-7-11(16)14-9-5-3-4-8(12)6-9/h3-6H,2,7H2,1H3,(H,13,15)(H,14,16). The normalized spacial score (nSPS) is 9.62. The smallest absolute Gasteiger partial charge is 0.243 e. The number of nitrogens with one attached hydrogen (secondary N) is 2. The minimum atomic E-state index is -0.274. The number of amides is 2. The maximum absolute atomic E-state index is 11.4. The molecule has 0 unspecified atom stereocenters. The van der Waals surface area contributed by atoms with E-state index in [9.17, 15) is 9.59 Å². The second-order valence-corrected chi connectivity index (χ2v) is 3.63. The van der Waals surface area contributed by atoms with Gasteiger partial charge in [0, 0.05) is 17.1 Å². The van der Waals surface area contributed by atoms with E-state index >= 15 is 0 Å². The van der Waals surface area contributed by atoms with E-state index in [2.05, 4.69) is 10.6 Å². The van der Waals surface area contributed by atoms with Gasteiger partial charge in [-0.25, -0.2) is 0 Å². The Labute approximate surface area is 99.0 Å². The second kappa shape index (κ2) is 6.12. The molecule has 0 saturated carbocycles. The van der Waals surface area contributed by atoms with Gasteiger partial charge in [0.15, 0.2) is 0 Å². The van der Waals surface area contributed by atoms with E-state index in [1.165, 1.54) is 0 Å². The monoisotopic (exact) mass is 240 g/mol. The fourth-order valence-corrected chi connectivity index (χ4v) is 1.27. The Bertz CT molecular complexity index is 393. The third kappa shape index (κ3) is 4.31. The highest BCUT2D eigenvalue weighted by atomic mass is 35.5. The topological polar surface area (TPSA) is 58.2 Å². The number of rotatable bonds is 4. The van der Waals surface area contributed by atoms with Crippen molar-refractivity contribution in [3.05, 3.63) is 29.3 Å². The third-order valence-corrected chi connectivity index (χ3v) is 2.11. The van der Waals surface area contributed by atoms with E-state index < -0.39 is 0 Å². The fraction of sp³-hybridized carbons (Fsp3) is 0.273. The molecular weight excluding hydrogens is 228 g/mol. The van der Waals surface area contributed by atoms with Gasteiger partial charge in [0.2, 0.25) is 11.8 Å². The first kappa shape index (κ1) is 12.5. The van der Waals surface area contributed by atoms with Crippen LogP contribution in [0.25, 0.3) is 0 Å². The molecule has 0 heterocycles. The molecule has 0 radical (unpaired) electrons. The molecular formula is C11H13ClN2O2. The molecule has 2 N–H and O–H groups in total. The molecule has 0 aliphatic carbocycles. The Balaban J connectivity index is 2.43. The molecule has 0 aliphatic heterocycles. The molecule has 0 atom stereocenters. The van der Waals surface area contributed by atoms with Crippen molar-refractivity contribution < 1.29 is 9.59 Å². The zero-order valence-corrected chi connectivity index (χ0v) is 9.67. The minimum absolute atomic E-state index is 0.0286. The van der Waals surface area contributed by atoms with Crippen LogP contribution in [-0.4, -0.2) is 18.4 Å².